The zero-order valence-electron chi connectivity index (χ0n) is 65.9. The largest absolute Gasteiger partial charge is 0.476 e. The van der Waals surface area contributed by atoms with Crippen molar-refractivity contribution in [3.05, 3.63) is 186 Å². The first kappa shape index (κ1) is 149. The normalized spacial score (nSPS) is 9.04. The summed E-state index contributed by atoms with van der Waals surface area (Å²) >= 11 is 56.3. The summed E-state index contributed by atoms with van der Waals surface area (Å²) < 4.78 is 20.7. The lowest BCUT2D eigenvalue weighted by Crippen LogP contribution is -2.12. The number of esters is 1. The Labute approximate surface area is 1110 Å². The van der Waals surface area contributed by atoms with Gasteiger partial charge < -0.3 is 28.5 Å². The Bertz CT molecular complexity index is 10200. The number of rotatable bonds is 10. The molecule has 0 aliphatic rings. The number of carbonyl (C=O) groups excluding carboxylic acids is 1. The monoisotopic (exact) mass is 3650 g/mol. The molecule has 0 bridgehead atoms. The van der Waals surface area contributed by atoms with E-state index in [1.54, 1.807) is 335 Å². The third-order valence-electron chi connectivity index (χ3n) is 11.4. The van der Waals surface area contributed by atoms with Crippen molar-refractivity contribution in [2.75, 3.05) is 7.11 Å². The van der Waals surface area contributed by atoms with Crippen LogP contribution in [-0.4, -0.2) is 33.3 Å². The summed E-state index contributed by atoms with van der Waals surface area (Å²) in [5, 5.41) is 14.3. The van der Waals surface area contributed by atoms with Gasteiger partial charge in [-0.3, -0.25) is 0 Å². The van der Waals surface area contributed by atoms with Gasteiger partial charge in [0.2, 0.25) is 0 Å². The average Bonchev–Trinajstić information content (AvgIpc) is 1.61. The van der Waals surface area contributed by atoms with Crippen LogP contribution in [0.5, 0.6) is 23.0 Å². The molecule has 2 heterocycles. The van der Waals surface area contributed by atoms with Gasteiger partial charge in [-0.1, -0.05) is 118 Å². The van der Waals surface area contributed by atoms with Gasteiger partial charge in [-0.25, -0.2) is 9.59 Å². The minimum Gasteiger partial charge on any atom is -0.476 e. The van der Waals surface area contributed by atoms with Crippen molar-refractivity contribution in [2.24, 2.45) is 0 Å². The van der Waals surface area contributed by atoms with Crippen molar-refractivity contribution in [3.63, 3.8) is 0 Å². The highest BCUT2D eigenvalue weighted by atomic mass is 35.5. The second-order valence-electron chi connectivity index (χ2n) is 18.5. The lowest BCUT2D eigenvalue weighted by molar-refractivity contribution is 0.0585. The molecular weight excluding hydrogens is 3630 g/mol. The molecule has 0 saturated carbocycles. The predicted molar refractivity (Wildman–Crippen MR) is 870 cm³/mol. The number of nitrogens with zero attached hydrogens (tertiary/aromatic N) is 2. The summed E-state index contributed by atoms with van der Waals surface area (Å²) in [5.41, 5.74) is 3.24. The van der Waals surface area contributed by atoms with E-state index in [9.17, 15) is 14.7 Å². The molecule has 0 radical (unpaired) electrons. The summed E-state index contributed by atoms with van der Waals surface area (Å²) in [6.07, 6.45) is 0. The third kappa shape index (κ3) is 79.1. The van der Waals surface area contributed by atoms with Crippen LogP contribution in [0.4, 0.5) is 0 Å². The van der Waals surface area contributed by atoms with Gasteiger partial charge in [0.25, 0.3) is 0 Å². The van der Waals surface area contributed by atoms with E-state index in [-0.39, 0.29) is 23.7 Å². The van der Waals surface area contributed by atoms with Gasteiger partial charge in [0.15, 0.2) is 22.9 Å². The Balaban J connectivity index is 0.000000378. The molecule has 8 rings (SSSR count). The van der Waals surface area contributed by atoms with Gasteiger partial charge in [0.05, 0.1) is 31.2 Å². The summed E-state index contributed by atoms with van der Waals surface area (Å²) in [7, 11) is 147. The Morgan fingerprint density at radius 2 is 0.428 bits per heavy atom. The number of hydrogen-bond acceptors (Lipinski definition) is 9. The highest BCUT2D eigenvalue weighted by Crippen LogP contribution is 2.41. The molecule has 0 amide bonds. The summed E-state index contributed by atoms with van der Waals surface area (Å²) in [5.74, 6) is 0.0679. The van der Waals surface area contributed by atoms with E-state index >= 15 is 0 Å². The van der Waals surface area contributed by atoms with E-state index in [2.05, 4.69) is 0 Å². The first-order valence-corrected chi connectivity index (χ1v) is 146. The lowest BCUT2D eigenvalue weighted by Gasteiger charge is -2.12. The summed E-state index contributed by atoms with van der Waals surface area (Å²) in [4.78, 5) is 25.0. The maximum atomic E-state index is 12.8. The highest BCUT2D eigenvalue weighted by Gasteiger charge is 2.28. The van der Waals surface area contributed by atoms with E-state index in [0.29, 0.717) is 70.2 Å². The Kier molecular flexibility index (Phi) is 112. The molecule has 0 aliphatic carbocycles. The van der Waals surface area contributed by atoms with E-state index in [1.807, 2.05) is 500 Å². The molecular formula is C45H30Cl6N2O6S86. The van der Waals surface area contributed by atoms with Gasteiger partial charge in [-0.2, -0.15) is 0 Å². The van der Waals surface area contributed by atoms with E-state index in [4.69, 9.17) is 129 Å². The predicted octanol–water partition coefficient (Wildman–Crippen LogP) is 14.2. The molecule has 0 saturated heterocycles. The molecule has 814 valence electrons. The summed E-state index contributed by atoms with van der Waals surface area (Å²) in [6, 6.07) is 39.1. The van der Waals surface area contributed by atoms with Crippen molar-refractivity contribution in [3.8, 4) is 23.0 Å². The van der Waals surface area contributed by atoms with Gasteiger partial charge >= 0.3 is 11.9 Å². The Morgan fingerprint density at radius 1 is 0.248 bits per heavy atom. The number of benzene rings is 6. The minimum absolute atomic E-state index is 0.0112. The van der Waals surface area contributed by atoms with Crippen LogP contribution in [0, 0.1) is 0 Å². The fourth-order valence-corrected chi connectivity index (χ4v) is 223. The zero-order chi connectivity index (χ0) is 104. The molecule has 1 N–H and O–H groups in total. The van der Waals surface area contributed by atoms with Crippen molar-refractivity contribution in [1.82, 2.24) is 9.13 Å². The van der Waals surface area contributed by atoms with E-state index in [0.717, 1.165) is 16.6 Å². The molecule has 145 heavy (non-hydrogen) atoms. The number of methoxy groups -OCH3 is 1. The molecule has 0 atom stereocenters. The number of halogens is 6. The molecule has 2 aromatic heterocycles. The third-order valence-corrected chi connectivity index (χ3v) is 191. The number of hydrogen-bond donors (Lipinski definition) is 1. The van der Waals surface area contributed by atoms with Crippen LogP contribution in [-0.2, 0) is 791 Å². The SMILES string of the molecule is COC(=O)c1c(Oc2ccccc2)c2cc(Cl)ccc2n1Cc1ccc(Cl)cc1Cl.O=C(O)c1c(Oc2ccccc2)c2cc(Cl)ccc2n1Cc1ccc(Cl)cc1Cl.S=S=S=S=S=S=S=S=S=S=S=S=S=S=S=S=S=S=S=S=S.S=S=S=S=S=S=S=S=S=S=S=S=S=S=S=S=S=S=S=S=S=S=S=S=S=S=S=S=S=S=S=S=S=S=S=S=S=S=S=S=S=S=S=S=S=S=S=S=S=S=S=S=S=S=S=S=S=S=S=S=S=S=S=S=S. The molecule has 0 fully saturated rings. The minimum atomic E-state index is -1.12. The smallest absolute Gasteiger partial charge is 0.358 e. The number of ether oxygens (including phenoxy) is 3. The fourth-order valence-electron chi connectivity index (χ4n) is 7.38. The highest BCUT2D eigenvalue weighted by molar-refractivity contribution is 8.85. The summed E-state index contributed by atoms with van der Waals surface area (Å²) in [6.45, 7) is 0.546. The number of aromatic nitrogens is 2. The van der Waals surface area contributed by atoms with Crippen LogP contribution in [0.2, 0.25) is 30.1 Å². The lowest BCUT2D eigenvalue weighted by atomic mass is 10.2. The Morgan fingerprint density at radius 3 is 0.614 bits per heavy atom. The quantitative estimate of drug-likeness (QED) is 0.134. The van der Waals surface area contributed by atoms with E-state index in [1.165, 1.54) is 42.6 Å². The average molecular weight is 3670 g/mol. The standard InChI is InChI=1S/C23H16Cl3NO3.C22H14Cl3NO3.S65.S21/c1-29-23(28)21-22(30-17-5-3-2-4-6-17)18-11-15(24)9-10-20(18)27(21)13-14-7-8-16(25)12-19(14)26;23-14-8-9-19-17(10-14)21(29-16-4-2-1-3-5-16)20(22(27)28)26(19)12-13-6-7-15(24)11-18(13)25;1-3-5-7-9-11-13-15-17-19-21-23-25-27-29-31-33-35-37-39-41-43-45-47-49-51-53-55-57-59-61-63-65-64-62-60-58-56-54-52-50-48-46-44-42-40-38-36-34-32-30-28-26-24-22-20-18-16-14-12-10-8-6-4-2;1-3-5-7-9-11-13-15-17-19-21-20-18-16-14-12-10-8-6-4-2/h2-12H,13H2,1H3;1-11H,12H2,(H,27,28);;. The van der Waals surface area contributed by atoms with Crippen LogP contribution in [0.15, 0.2) is 133 Å². The first-order valence-electron chi connectivity index (χ1n) is 31.7. The van der Waals surface area contributed by atoms with Crippen molar-refractivity contribution >= 4 is 876 Å². The van der Waals surface area contributed by atoms with Gasteiger partial charge in [0.1, 0.15) is 11.5 Å². The number of carbonyl (C=O) groups is 2. The maximum Gasteiger partial charge on any atom is 0.358 e. The number of fused-ring (bicyclic) bond motifs is 2. The molecule has 8 aromatic rings. The number of carboxylic acid groups (broad SMARTS) is 1. The number of para-hydroxylation sites is 2. The van der Waals surface area contributed by atoms with Gasteiger partial charge in [-0.05, 0) is 96.1 Å². The van der Waals surface area contributed by atoms with Crippen LogP contribution in [0.1, 0.15) is 32.1 Å². The van der Waals surface area contributed by atoms with Gasteiger partial charge in [0, 0.05) is 814 Å². The number of aromatic carboxylic acids is 1. The second kappa shape index (κ2) is 109. The second-order valence-corrected chi connectivity index (χ2v) is 166. The first-order chi connectivity index (χ1) is 71.2. The van der Waals surface area contributed by atoms with Crippen LogP contribution in [0.3, 0.4) is 0 Å². The fraction of sp³-hybridized carbons (Fsp3) is 0.0667. The molecule has 100 heteroatoms. The molecule has 8 nitrogen and oxygen atoms in total. The topological polar surface area (TPSA) is 91.9 Å². The maximum absolute atomic E-state index is 12.8. The molecule has 0 spiro atoms. The Hall–Kier alpha value is 13.6. The van der Waals surface area contributed by atoms with Crippen molar-refractivity contribution in [2.45, 2.75) is 13.1 Å². The van der Waals surface area contributed by atoms with Crippen molar-refractivity contribution < 1.29 is 28.9 Å². The molecule has 0 aliphatic heterocycles. The van der Waals surface area contributed by atoms with Crippen LogP contribution in [0.25, 0.3) is 21.8 Å². The van der Waals surface area contributed by atoms with Crippen LogP contribution < -0.4 is 9.47 Å². The van der Waals surface area contributed by atoms with E-state index < -0.39 is 11.9 Å². The molecule has 6 aromatic carbocycles. The van der Waals surface area contributed by atoms with Gasteiger partial charge in [-0.15, -0.1) is 0 Å². The van der Waals surface area contributed by atoms with Crippen molar-refractivity contribution in [1.29, 1.82) is 0 Å². The van der Waals surface area contributed by atoms with Crippen LogP contribution >= 0.6 is 69.6 Å². The number of carboxylic acids is 1. The molecule has 0 unspecified atom stereocenters. The zero-order valence-corrected chi connectivity index (χ0v) is 141.